The SMILES string of the molecule is Cc1ccc(N2CCCC(NC(C(N)=O)c3ccc(F)cc3)C2)nn1. The van der Waals surface area contributed by atoms with Gasteiger partial charge in [0.2, 0.25) is 5.91 Å². The van der Waals surface area contributed by atoms with Crippen LogP contribution in [-0.4, -0.2) is 35.2 Å². The molecule has 0 spiro atoms. The Morgan fingerprint density at radius 2 is 2.04 bits per heavy atom. The smallest absolute Gasteiger partial charge is 0.239 e. The van der Waals surface area contributed by atoms with Gasteiger partial charge < -0.3 is 10.6 Å². The van der Waals surface area contributed by atoms with E-state index in [4.69, 9.17) is 5.73 Å². The zero-order valence-electron chi connectivity index (χ0n) is 14.2. The van der Waals surface area contributed by atoms with Gasteiger partial charge in [-0.2, -0.15) is 5.10 Å². The van der Waals surface area contributed by atoms with Crippen LogP contribution in [0, 0.1) is 12.7 Å². The number of nitrogens with one attached hydrogen (secondary N) is 1. The van der Waals surface area contributed by atoms with E-state index in [-0.39, 0.29) is 11.9 Å². The van der Waals surface area contributed by atoms with Crippen molar-refractivity contribution in [2.75, 3.05) is 18.0 Å². The number of hydrogen-bond acceptors (Lipinski definition) is 5. The lowest BCUT2D eigenvalue weighted by Gasteiger charge is -2.35. The Kier molecular flexibility index (Phi) is 5.23. The number of aromatic nitrogens is 2. The van der Waals surface area contributed by atoms with Crippen molar-refractivity contribution < 1.29 is 9.18 Å². The number of nitrogens with zero attached hydrogens (tertiary/aromatic N) is 3. The molecule has 1 aromatic carbocycles. The highest BCUT2D eigenvalue weighted by Gasteiger charge is 2.26. The standard InChI is InChI=1S/C18H22FN5O/c1-12-4-9-16(23-22-12)24-10-2-3-15(11-24)21-17(18(20)25)13-5-7-14(19)8-6-13/h4-9,15,17,21H,2-3,10-11H2,1H3,(H2,20,25). The van der Waals surface area contributed by atoms with Crippen LogP contribution in [0.2, 0.25) is 0 Å². The molecule has 1 aliphatic rings. The van der Waals surface area contributed by atoms with Crippen molar-refractivity contribution in [3.63, 3.8) is 0 Å². The number of carbonyl (C=O) groups excluding carboxylic acids is 1. The van der Waals surface area contributed by atoms with Gasteiger partial charge in [-0.25, -0.2) is 4.39 Å². The quantitative estimate of drug-likeness (QED) is 0.863. The third kappa shape index (κ3) is 4.30. The molecule has 0 radical (unpaired) electrons. The first-order valence-electron chi connectivity index (χ1n) is 8.39. The first kappa shape index (κ1) is 17.3. The Balaban J connectivity index is 1.70. The third-order valence-corrected chi connectivity index (χ3v) is 4.42. The van der Waals surface area contributed by atoms with E-state index in [1.54, 1.807) is 12.1 Å². The molecule has 2 unspecified atom stereocenters. The molecule has 3 N–H and O–H groups in total. The summed E-state index contributed by atoms with van der Waals surface area (Å²) in [5.41, 5.74) is 7.10. The summed E-state index contributed by atoms with van der Waals surface area (Å²) in [5.74, 6) is 0.0159. The molecule has 3 rings (SSSR count). The molecule has 1 amide bonds. The van der Waals surface area contributed by atoms with E-state index in [2.05, 4.69) is 20.4 Å². The van der Waals surface area contributed by atoms with Crippen LogP contribution in [-0.2, 0) is 4.79 Å². The van der Waals surface area contributed by atoms with Crippen LogP contribution < -0.4 is 16.0 Å². The number of nitrogens with two attached hydrogens (primary N) is 1. The molecule has 2 atom stereocenters. The number of hydrogen-bond donors (Lipinski definition) is 2. The number of piperidine rings is 1. The van der Waals surface area contributed by atoms with E-state index in [0.717, 1.165) is 30.9 Å². The first-order chi connectivity index (χ1) is 12.0. The number of anilines is 1. The Hall–Kier alpha value is -2.54. The molecule has 2 heterocycles. The van der Waals surface area contributed by atoms with Crippen LogP contribution in [0.15, 0.2) is 36.4 Å². The minimum absolute atomic E-state index is 0.0828. The summed E-state index contributed by atoms with van der Waals surface area (Å²) in [4.78, 5) is 14.0. The van der Waals surface area contributed by atoms with Crippen molar-refractivity contribution in [2.24, 2.45) is 5.73 Å². The zero-order valence-corrected chi connectivity index (χ0v) is 14.2. The summed E-state index contributed by atoms with van der Waals surface area (Å²) in [5, 5.41) is 11.7. The average Bonchev–Trinajstić information content (AvgIpc) is 2.61. The van der Waals surface area contributed by atoms with Gasteiger partial charge >= 0.3 is 0 Å². The van der Waals surface area contributed by atoms with Gasteiger partial charge in [0.05, 0.1) is 5.69 Å². The molecule has 7 heteroatoms. The van der Waals surface area contributed by atoms with Crippen molar-refractivity contribution in [1.29, 1.82) is 0 Å². The molecule has 1 aliphatic heterocycles. The van der Waals surface area contributed by atoms with Crippen molar-refractivity contribution in [2.45, 2.75) is 31.8 Å². The molecule has 2 aromatic rings. The van der Waals surface area contributed by atoms with Gasteiger partial charge in [0.25, 0.3) is 0 Å². The minimum atomic E-state index is -0.644. The molecule has 0 aliphatic carbocycles. The number of aryl methyl sites for hydroxylation is 1. The second-order valence-corrected chi connectivity index (χ2v) is 6.37. The molecule has 0 bridgehead atoms. The van der Waals surface area contributed by atoms with Crippen molar-refractivity contribution >= 4 is 11.7 Å². The van der Waals surface area contributed by atoms with Gasteiger partial charge in [-0.3, -0.25) is 10.1 Å². The number of primary amides is 1. The fraction of sp³-hybridized carbons (Fsp3) is 0.389. The number of amides is 1. The summed E-state index contributed by atoms with van der Waals surface area (Å²) in [6.07, 6.45) is 1.91. The second-order valence-electron chi connectivity index (χ2n) is 6.37. The first-order valence-corrected chi connectivity index (χ1v) is 8.39. The molecular weight excluding hydrogens is 321 g/mol. The van der Waals surface area contributed by atoms with Gasteiger partial charge in [-0.1, -0.05) is 12.1 Å². The van der Waals surface area contributed by atoms with Crippen molar-refractivity contribution in [3.05, 3.63) is 53.5 Å². The van der Waals surface area contributed by atoms with Crippen molar-refractivity contribution in [1.82, 2.24) is 15.5 Å². The lowest BCUT2D eigenvalue weighted by molar-refractivity contribution is -0.120. The van der Waals surface area contributed by atoms with E-state index < -0.39 is 11.9 Å². The summed E-state index contributed by atoms with van der Waals surface area (Å²) >= 11 is 0. The van der Waals surface area contributed by atoms with Gasteiger partial charge in [0, 0.05) is 19.1 Å². The molecular formula is C18H22FN5O. The number of benzene rings is 1. The van der Waals surface area contributed by atoms with E-state index >= 15 is 0 Å². The molecule has 25 heavy (non-hydrogen) atoms. The second kappa shape index (κ2) is 7.57. The lowest BCUT2D eigenvalue weighted by Crippen LogP contribution is -2.49. The van der Waals surface area contributed by atoms with Gasteiger partial charge in [-0.05, 0) is 49.6 Å². The summed E-state index contributed by atoms with van der Waals surface area (Å²) in [6, 6.07) is 9.17. The normalized spacial score (nSPS) is 18.8. The highest BCUT2D eigenvalue weighted by molar-refractivity contribution is 5.81. The van der Waals surface area contributed by atoms with E-state index in [1.165, 1.54) is 12.1 Å². The lowest BCUT2D eigenvalue weighted by atomic mass is 10.0. The van der Waals surface area contributed by atoms with E-state index in [0.29, 0.717) is 12.1 Å². The maximum atomic E-state index is 13.1. The number of carbonyl (C=O) groups is 1. The molecule has 1 aromatic heterocycles. The van der Waals surface area contributed by atoms with Crippen LogP contribution in [0.4, 0.5) is 10.2 Å². The van der Waals surface area contributed by atoms with Crippen LogP contribution in [0.3, 0.4) is 0 Å². The molecule has 1 fully saturated rings. The Morgan fingerprint density at radius 1 is 1.28 bits per heavy atom. The zero-order chi connectivity index (χ0) is 17.8. The Labute approximate surface area is 146 Å². The van der Waals surface area contributed by atoms with Gasteiger partial charge in [-0.15, -0.1) is 5.10 Å². The van der Waals surface area contributed by atoms with E-state index in [9.17, 15) is 9.18 Å². The highest BCUT2D eigenvalue weighted by Crippen LogP contribution is 2.21. The summed E-state index contributed by atoms with van der Waals surface area (Å²) < 4.78 is 13.1. The minimum Gasteiger partial charge on any atom is -0.368 e. The van der Waals surface area contributed by atoms with Gasteiger partial charge in [0.15, 0.2) is 5.82 Å². The predicted octanol–water partition coefficient (Wildman–Crippen LogP) is 1.71. The molecule has 1 saturated heterocycles. The average molecular weight is 343 g/mol. The fourth-order valence-corrected chi connectivity index (χ4v) is 3.12. The highest BCUT2D eigenvalue weighted by atomic mass is 19.1. The van der Waals surface area contributed by atoms with Crippen LogP contribution >= 0.6 is 0 Å². The van der Waals surface area contributed by atoms with Crippen LogP contribution in [0.1, 0.15) is 30.1 Å². The number of rotatable bonds is 5. The third-order valence-electron chi connectivity index (χ3n) is 4.42. The monoisotopic (exact) mass is 343 g/mol. The molecule has 0 saturated carbocycles. The van der Waals surface area contributed by atoms with Crippen molar-refractivity contribution in [3.8, 4) is 0 Å². The Bertz CT molecular complexity index is 719. The van der Waals surface area contributed by atoms with Gasteiger partial charge in [0.1, 0.15) is 11.9 Å². The topological polar surface area (TPSA) is 84.1 Å². The fourth-order valence-electron chi connectivity index (χ4n) is 3.12. The van der Waals surface area contributed by atoms with Crippen LogP contribution in [0.5, 0.6) is 0 Å². The molecule has 6 nitrogen and oxygen atoms in total. The maximum absolute atomic E-state index is 13.1. The predicted molar refractivity (Wildman–Crippen MR) is 93.5 cm³/mol. The Morgan fingerprint density at radius 3 is 2.68 bits per heavy atom. The summed E-state index contributed by atoms with van der Waals surface area (Å²) in [7, 11) is 0. The van der Waals surface area contributed by atoms with Crippen LogP contribution in [0.25, 0.3) is 0 Å². The largest absolute Gasteiger partial charge is 0.368 e. The maximum Gasteiger partial charge on any atom is 0.239 e. The number of halogens is 1. The summed E-state index contributed by atoms with van der Waals surface area (Å²) in [6.45, 7) is 3.51. The molecule has 132 valence electrons. The van der Waals surface area contributed by atoms with E-state index in [1.807, 2.05) is 19.1 Å².